The molecule has 0 saturated heterocycles. The van der Waals surface area contributed by atoms with Gasteiger partial charge in [-0.25, -0.2) is 9.78 Å². The number of carbonyl (C=O) groups excluding carboxylic acids is 1. The van der Waals surface area contributed by atoms with Crippen molar-refractivity contribution in [2.24, 2.45) is 0 Å². The highest BCUT2D eigenvalue weighted by atomic mass is 16.2. The van der Waals surface area contributed by atoms with E-state index in [9.17, 15) is 4.79 Å². The summed E-state index contributed by atoms with van der Waals surface area (Å²) >= 11 is 0. The van der Waals surface area contributed by atoms with Crippen LogP contribution >= 0.6 is 0 Å². The number of urea groups is 1. The molecule has 1 heterocycles. The lowest BCUT2D eigenvalue weighted by atomic mass is 10.0. The second-order valence-electron chi connectivity index (χ2n) is 5.66. The predicted octanol–water partition coefficient (Wildman–Crippen LogP) is 3.85. The van der Waals surface area contributed by atoms with Crippen LogP contribution in [0.3, 0.4) is 0 Å². The molecule has 2 aromatic carbocycles. The van der Waals surface area contributed by atoms with Crippen molar-refractivity contribution in [2.75, 3.05) is 29.6 Å². The van der Waals surface area contributed by atoms with Gasteiger partial charge in [0.05, 0.1) is 6.20 Å². The number of amides is 2. The Morgan fingerprint density at radius 3 is 2.40 bits per heavy atom. The molecule has 6 heteroatoms. The van der Waals surface area contributed by atoms with Crippen molar-refractivity contribution in [1.29, 1.82) is 0 Å². The highest BCUT2D eigenvalue weighted by molar-refractivity contribution is 5.99. The standard InChI is InChI=1S/C19H19N5O/c1-24(2)17-6-4-3-5-16(17)14-7-9-15(10-8-14)22-19(25)23-18-13-20-11-12-21-18/h3-13H,1-2H3,(H2,21,22,23,25). The number of aromatic nitrogens is 2. The van der Waals surface area contributed by atoms with Gasteiger partial charge in [-0.05, 0) is 23.8 Å². The van der Waals surface area contributed by atoms with Gasteiger partial charge in [0.2, 0.25) is 0 Å². The fourth-order valence-corrected chi connectivity index (χ4v) is 2.48. The van der Waals surface area contributed by atoms with Crippen LogP contribution in [0.25, 0.3) is 11.1 Å². The average molecular weight is 333 g/mol. The minimum Gasteiger partial charge on any atom is -0.377 e. The lowest BCUT2D eigenvalue weighted by Gasteiger charge is -2.17. The molecule has 0 spiro atoms. The van der Waals surface area contributed by atoms with Gasteiger partial charge in [0, 0.05) is 43.4 Å². The summed E-state index contributed by atoms with van der Waals surface area (Å²) in [5.74, 6) is 0.400. The van der Waals surface area contributed by atoms with Gasteiger partial charge < -0.3 is 10.2 Å². The molecule has 0 aliphatic rings. The lowest BCUT2D eigenvalue weighted by Crippen LogP contribution is -2.20. The number of para-hydroxylation sites is 1. The number of benzene rings is 2. The smallest absolute Gasteiger partial charge is 0.324 e. The van der Waals surface area contributed by atoms with E-state index < -0.39 is 0 Å². The Morgan fingerprint density at radius 1 is 0.960 bits per heavy atom. The van der Waals surface area contributed by atoms with Crippen LogP contribution in [0.1, 0.15) is 0 Å². The summed E-state index contributed by atoms with van der Waals surface area (Å²) in [4.78, 5) is 22.0. The number of rotatable bonds is 4. The summed E-state index contributed by atoms with van der Waals surface area (Å²) < 4.78 is 0. The first-order valence-corrected chi connectivity index (χ1v) is 7.84. The maximum atomic E-state index is 12.0. The van der Waals surface area contributed by atoms with Gasteiger partial charge in [-0.15, -0.1) is 0 Å². The van der Waals surface area contributed by atoms with Crippen molar-refractivity contribution in [3.05, 3.63) is 67.1 Å². The largest absolute Gasteiger partial charge is 0.377 e. The van der Waals surface area contributed by atoms with Crippen LogP contribution in [0.15, 0.2) is 67.1 Å². The Kier molecular flexibility index (Phi) is 4.89. The van der Waals surface area contributed by atoms with Crippen LogP contribution in [-0.4, -0.2) is 30.1 Å². The molecule has 1 aromatic heterocycles. The quantitative estimate of drug-likeness (QED) is 0.761. The first kappa shape index (κ1) is 16.4. The van der Waals surface area contributed by atoms with E-state index in [2.05, 4.69) is 37.6 Å². The monoisotopic (exact) mass is 333 g/mol. The van der Waals surface area contributed by atoms with Gasteiger partial charge in [0.15, 0.2) is 5.82 Å². The van der Waals surface area contributed by atoms with Crippen molar-refractivity contribution in [1.82, 2.24) is 9.97 Å². The number of hydrogen-bond acceptors (Lipinski definition) is 4. The summed E-state index contributed by atoms with van der Waals surface area (Å²) in [6.45, 7) is 0. The van der Waals surface area contributed by atoms with Crippen molar-refractivity contribution >= 4 is 23.2 Å². The molecule has 3 aromatic rings. The van der Waals surface area contributed by atoms with Crippen molar-refractivity contribution in [3.63, 3.8) is 0 Å². The zero-order valence-electron chi connectivity index (χ0n) is 14.1. The van der Waals surface area contributed by atoms with E-state index in [1.807, 2.05) is 50.5 Å². The second-order valence-corrected chi connectivity index (χ2v) is 5.66. The lowest BCUT2D eigenvalue weighted by molar-refractivity contribution is 0.262. The van der Waals surface area contributed by atoms with Crippen LogP contribution in [0.2, 0.25) is 0 Å². The third-order valence-electron chi connectivity index (χ3n) is 3.64. The molecule has 0 radical (unpaired) electrons. The summed E-state index contributed by atoms with van der Waals surface area (Å²) in [7, 11) is 4.04. The predicted molar refractivity (Wildman–Crippen MR) is 101 cm³/mol. The summed E-state index contributed by atoms with van der Waals surface area (Å²) in [6.07, 6.45) is 4.56. The van der Waals surface area contributed by atoms with E-state index in [-0.39, 0.29) is 6.03 Å². The highest BCUT2D eigenvalue weighted by Gasteiger charge is 2.07. The third kappa shape index (κ3) is 4.11. The first-order chi connectivity index (χ1) is 12.1. The Hall–Kier alpha value is -3.41. The maximum Gasteiger partial charge on any atom is 0.324 e. The molecule has 6 nitrogen and oxygen atoms in total. The first-order valence-electron chi connectivity index (χ1n) is 7.84. The van der Waals surface area contributed by atoms with Crippen LogP contribution in [0.5, 0.6) is 0 Å². The van der Waals surface area contributed by atoms with E-state index in [0.29, 0.717) is 11.5 Å². The molecule has 25 heavy (non-hydrogen) atoms. The van der Waals surface area contributed by atoms with Gasteiger partial charge in [0.25, 0.3) is 0 Å². The molecule has 2 N–H and O–H groups in total. The van der Waals surface area contributed by atoms with E-state index in [1.54, 1.807) is 6.20 Å². The minimum absolute atomic E-state index is 0.359. The molecule has 0 unspecified atom stereocenters. The van der Waals surface area contributed by atoms with Crippen LogP contribution in [-0.2, 0) is 0 Å². The minimum atomic E-state index is -0.359. The van der Waals surface area contributed by atoms with E-state index >= 15 is 0 Å². The van der Waals surface area contributed by atoms with Crippen LogP contribution in [0.4, 0.5) is 22.0 Å². The normalized spacial score (nSPS) is 10.2. The number of hydrogen-bond donors (Lipinski definition) is 2. The fraction of sp³-hybridized carbons (Fsp3) is 0.105. The third-order valence-corrected chi connectivity index (χ3v) is 3.64. The van der Waals surface area contributed by atoms with Crippen LogP contribution < -0.4 is 15.5 Å². The average Bonchev–Trinajstić information content (AvgIpc) is 2.63. The Labute approximate surface area is 146 Å². The van der Waals surface area contributed by atoms with Gasteiger partial charge in [-0.3, -0.25) is 10.3 Å². The molecular formula is C19H19N5O. The number of carbonyl (C=O) groups is 1. The fourth-order valence-electron chi connectivity index (χ4n) is 2.48. The molecule has 2 amide bonds. The Morgan fingerprint density at radius 2 is 1.72 bits per heavy atom. The van der Waals surface area contributed by atoms with E-state index in [4.69, 9.17) is 0 Å². The molecule has 0 aliphatic carbocycles. The zero-order chi connectivity index (χ0) is 17.6. The van der Waals surface area contributed by atoms with Crippen molar-refractivity contribution in [2.45, 2.75) is 0 Å². The Bertz CT molecular complexity index is 847. The SMILES string of the molecule is CN(C)c1ccccc1-c1ccc(NC(=O)Nc2cnccn2)cc1. The Balaban J connectivity index is 1.72. The molecule has 126 valence electrons. The zero-order valence-corrected chi connectivity index (χ0v) is 14.1. The summed E-state index contributed by atoms with van der Waals surface area (Å²) in [6, 6.07) is 15.6. The molecule has 3 rings (SSSR count). The molecule has 0 atom stereocenters. The van der Waals surface area contributed by atoms with Gasteiger partial charge >= 0.3 is 6.03 Å². The number of nitrogens with one attached hydrogen (secondary N) is 2. The molecule has 0 aliphatic heterocycles. The number of nitrogens with zero attached hydrogens (tertiary/aromatic N) is 3. The highest BCUT2D eigenvalue weighted by Crippen LogP contribution is 2.30. The molecule has 0 fully saturated rings. The summed E-state index contributed by atoms with van der Waals surface area (Å²) in [5.41, 5.74) is 4.07. The van der Waals surface area contributed by atoms with Crippen molar-refractivity contribution < 1.29 is 4.79 Å². The molecule has 0 saturated carbocycles. The van der Waals surface area contributed by atoms with Crippen LogP contribution in [0, 0.1) is 0 Å². The van der Waals surface area contributed by atoms with Crippen molar-refractivity contribution in [3.8, 4) is 11.1 Å². The van der Waals surface area contributed by atoms with Gasteiger partial charge in [-0.2, -0.15) is 0 Å². The summed E-state index contributed by atoms with van der Waals surface area (Å²) in [5, 5.41) is 5.41. The maximum absolute atomic E-state index is 12.0. The van der Waals surface area contributed by atoms with E-state index in [0.717, 1.165) is 16.8 Å². The second kappa shape index (κ2) is 7.44. The van der Waals surface area contributed by atoms with Gasteiger partial charge in [-0.1, -0.05) is 30.3 Å². The van der Waals surface area contributed by atoms with E-state index in [1.165, 1.54) is 12.4 Å². The topological polar surface area (TPSA) is 70.2 Å². The number of anilines is 3. The molecular weight excluding hydrogens is 314 g/mol. The van der Waals surface area contributed by atoms with Gasteiger partial charge in [0.1, 0.15) is 0 Å². The molecule has 0 bridgehead atoms.